The number of hydrogen-bond acceptors (Lipinski definition) is 5. The number of anilines is 2. The molecule has 0 saturated heterocycles. The lowest BCUT2D eigenvalue weighted by Crippen LogP contribution is -2.25. The summed E-state index contributed by atoms with van der Waals surface area (Å²) < 4.78 is 0. The monoisotopic (exact) mass is 309 g/mol. The largest absolute Gasteiger partial charge is 0.352 e. The van der Waals surface area contributed by atoms with Crippen LogP contribution in [0.2, 0.25) is 0 Å². The summed E-state index contributed by atoms with van der Waals surface area (Å²) in [6, 6.07) is 9.09. The predicted molar refractivity (Wildman–Crippen MR) is 88.3 cm³/mol. The zero-order valence-electron chi connectivity index (χ0n) is 13.2. The second-order valence-electron chi connectivity index (χ2n) is 5.55. The zero-order chi connectivity index (χ0) is 16.7. The van der Waals surface area contributed by atoms with Crippen molar-refractivity contribution < 1.29 is 4.79 Å². The minimum Gasteiger partial charge on any atom is -0.352 e. The molecule has 118 valence electrons. The SMILES string of the molecule is CC(C)CCNC(=O)c1cnc(Nc2cccc(C#N)c2)nc1. The van der Waals surface area contributed by atoms with Crippen LogP contribution in [0.15, 0.2) is 36.7 Å². The molecule has 0 radical (unpaired) electrons. The Labute approximate surface area is 135 Å². The Morgan fingerprint density at radius 3 is 2.70 bits per heavy atom. The van der Waals surface area contributed by atoms with Crippen LogP contribution in [0.4, 0.5) is 11.6 Å². The molecule has 0 aliphatic heterocycles. The van der Waals surface area contributed by atoms with Crippen molar-refractivity contribution in [1.29, 1.82) is 5.26 Å². The van der Waals surface area contributed by atoms with E-state index >= 15 is 0 Å². The number of rotatable bonds is 6. The first kappa shape index (κ1) is 16.4. The van der Waals surface area contributed by atoms with E-state index in [1.165, 1.54) is 12.4 Å². The van der Waals surface area contributed by atoms with Crippen LogP contribution in [0.5, 0.6) is 0 Å². The highest BCUT2D eigenvalue weighted by Gasteiger charge is 2.07. The normalized spacial score (nSPS) is 10.2. The van der Waals surface area contributed by atoms with Crippen LogP contribution in [0.3, 0.4) is 0 Å². The van der Waals surface area contributed by atoms with Gasteiger partial charge in [-0.05, 0) is 30.5 Å². The number of nitrogens with one attached hydrogen (secondary N) is 2. The predicted octanol–water partition coefficient (Wildman–Crippen LogP) is 2.87. The molecule has 2 N–H and O–H groups in total. The van der Waals surface area contributed by atoms with Crippen molar-refractivity contribution in [3.63, 3.8) is 0 Å². The number of amides is 1. The van der Waals surface area contributed by atoms with Gasteiger partial charge in [0.15, 0.2) is 0 Å². The van der Waals surface area contributed by atoms with E-state index in [0.717, 1.165) is 12.1 Å². The molecule has 0 aliphatic carbocycles. The fraction of sp³-hybridized carbons (Fsp3) is 0.294. The molecule has 0 saturated carbocycles. The molecular formula is C17H19N5O. The van der Waals surface area contributed by atoms with Crippen molar-refractivity contribution in [3.05, 3.63) is 47.8 Å². The van der Waals surface area contributed by atoms with Gasteiger partial charge in [0.1, 0.15) is 0 Å². The van der Waals surface area contributed by atoms with Crippen LogP contribution in [-0.2, 0) is 0 Å². The van der Waals surface area contributed by atoms with Crippen LogP contribution in [0.1, 0.15) is 36.2 Å². The number of nitrogens with zero attached hydrogens (tertiary/aromatic N) is 3. The Morgan fingerprint density at radius 1 is 1.30 bits per heavy atom. The molecule has 6 nitrogen and oxygen atoms in total. The number of carbonyl (C=O) groups excluding carboxylic acids is 1. The van der Waals surface area contributed by atoms with E-state index in [1.54, 1.807) is 18.2 Å². The topological polar surface area (TPSA) is 90.7 Å². The van der Waals surface area contributed by atoms with E-state index in [9.17, 15) is 4.79 Å². The molecule has 1 aromatic heterocycles. The number of hydrogen-bond donors (Lipinski definition) is 2. The third-order valence-corrected chi connectivity index (χ3v) is 3.17. The van der Waals surface area contributed by atoms with Gasteiger partial charge in [0, 0.05) is 24.6 Å². The summed E-state index contributed by atoms with van der Waals surface area (Å²) in [5.41, 5.74) is 1.69. The number of benzene rings is 1. The maximum absolute atomic E-state index is 11.9. The summed E-state index contributed by atoms with van der Waals surface area (Å²) in [5, 5.41) is 14.7. The Hall–Kier alpha value is -2.94. The van der Waals surface area contributed by atoms with Gasteiger partial charge in [-0.2, -0.15) is 5.26 Å². The van der Waals surface area contributed by atoms with E-state index < -0.39 is 0 Å². The molecule has 2 aromatic rings. The van der Waals surface area contributed by atoms with Gasteiger partial charge in [0.2, 0.25) is 5.95 Å². The van der Waals surface area contributed by atoms with Gasteiger partial charge in [-0.25, -0.2) is 9.97 Å². The molecule has 0 fully saturated rings. The average molecular weight is 309 g/mol. The maximum atomic E-state index is 11.9. The minimum atomic E-state index is -0.177. The van der Waals surface area contributed by atoms with Crippen molar-refractivity contribution in [2.75, 3.05) is 11.9 Å². The first-order valence-electron chi connectivity index (χ1n) is 7.46. The van der Waals surface area contributed by atoms with E-state index in [4.69, 9.17) is 5.26 Å². The molecular weight excluding hydrogens is 290 g/mol. The number of aromatic nitrogens is 2. The van der Waals surface area contributed by atoms with Crippen molar-refractivity contribution in [1.82, 2.24) is 15.3 Å². The summed E-state index contributed by atoms with van der Waals surface area (Å²) in [6.07, 6.45) is 3.89. The molecule has 1 aromatic carbocycles. The summed E-state index contributed by atoms with van der Waals surface area (Å²) in [7, 11) is 0. The molecule has 0 spiro atoms. The Morgan fingerprint density at radius 2 is 2.04 bits per heavy atom. The van der Waals surface area contributed by atoms with E-state index in [0.29, 0.717) is 29.5 Å². The smallest absolute Gasteiger partial charge is 0.254 e. The molecule has 0 bridgehead atoms. The second-order valence-corrected chi connectivity index (χ2v) is 5.55. The Balaban J connectivity index is 1.96. The standard InChI is InChI=1S/C17H19N5O/c1-12(2)6-7-19-16(23)14-10-20-17(21-11-14)22-15-5-3-4-13(8-15)9-18/h3-5,8,10-12H,6-7H2,1-2H3,(H,19,23)(H,20,21,22). The van der Waals surface area contributed by atoms with Gasteiger partial charge in [0.05, 0.1) is 17.2 Å². The molecule has 1 amide bonds. The van der Waals surface area contributed by atoms with Crippen molar-refractivity contribution in [2.45, 2.75) is 20.3 Å². The van der Waals surface area contributed by atoms with Crippen LogP contribution < -0.4 is 10.6 Å². The zero-order valence-corrected chi connectivity index (χ0v) is 13.2. The molecule has 2 rings (SSSR count). The van der Waals surface area contributed by atoms with Crippen molar-refractivity contribution in [3.8, 4) is 6.07 Å². The summed E-state index contributed by atoms with van der Waals surface area (Å²) in [4.78, 5) is 20.2. The molecule has 0 unspecified atom stereocenters. The average Bonchev–Trinajstić information content (AvgIpc) is 2.55. The molecule has 0 atom stereocenters. The second kappa shape index (κ2) is 7.90. The van der Waals surface area contributed by atoms with Gasteiger partial charge in [-0.1, -0.05) is 19.9 Å². The van der Waals surface area contributed by atoms with Crippen LogP contribution in [0, 0.1) is 17.2 Å². The third kappa shape index (κ3) is 5.08. The summed E-state index contributed by atoms with van der Waals surface area (Å²) in [5.74, 6) is 0.741. The van der Waals surface area contributed by atoms with Crippen molar-refractivity contribution in [2.24, 2.45) is 5.92 Å². The molecule has 1 heterocycles. The number of carbonyl (C=O) groups is 1. The maximum Gasteiger partial charge on any atom is 0.254 e. The van der Waals surface area contributed by atoms with Crippen molar-refractivity contribution >= 4 is 17.5 Å². The lowest BCUT2D eigenvalue weighted by atomic mass is 10.1. The quantitative estimate of drug-likeness (QED) is 0.856. The summed E-state index contributed by atoms with van der Waals surface area (Å²) >= 11 is 0. The molecule has 0 aliphatic rings. The van der Waals surface area contributed by atoms with Gasteiger partial charge >= 0.3 is 0 Å². The van der Waals surface area contributed by atoms with Crippen LogP contribution in [-0.4, -0.2) is 22.4 Å². The lowest BCUT2D eigenvalue weighted by Gasteiger charge is -2.08. The molecule has 23 heavy (non-hydrogen) atoms. The highest BCUT2D eigenvalue weighted by atomic mass is 16.1. The van der Waals surface area contributed by atoms with E-state index in [-0.39, 0.29) is 5.91 Å². The van der Waals surface area contributed by atoms with Crippen LogP contribution >= 0.6 is 0 Å². The lowest BCUT2D eigenvalue weighted by molar-refractivity contribution is 0.0951. The Bertz CT molecular complexity index is 704. The Kier molecular flexibility index (Phi) is 5.64. The first-order chi connectivity index (χ1) is 11.1. The minimum absolute atomic E-state index is 0.177. The van der Waals surface area contributed by atoms with Crippen LogP contribution in [0.25, 0.3) is 0 Å². The van der Waals surface area contributed by atoms with Gasteiger partial charge in [0.25, 0.3) is 5.91 Å². The highest BCUT2D eigenvalue weighted by Crippen LogP contribution is 2.14. The summed E-state index contributed by atoms with van der Waals surface area (Å²) in [6.45, 7) is 4.85. The van der Waals surface area contributed by atoms with E-state index in [2.05, 4.69) is 40.5 Å². The van der Waals surface area contributed by atoms with Gasteiger partial charge in [-0.3, -0.25) is 4.79 Å². The molecule has 6 heteroatoms. The third-order valence-electron chi connectivity index (χ3n) is 3.17. The van der Waals surface area contributed by atoms with Gasteiger partial charge in [-0.15, -0.1) is 0 Å². The fourth-order valence-electron chi connectivity index (χ4n) is 1.88. The fourth-order valence-corrected chi connectivity index (χ4v) is 1.88. The van der Waals surface area contributed by atoms with Gasteiger partial charge < -0.3 is 10.6 Å². The van der Waals surface area contributed by atoms with E-state index in [1.807, 2.05) is 6.07 Å². The number of nitriles is 1. The first-order valence-corrected chi connectivity index (χ1v) is 7.46. The highest BCUT2D eigenvalue weighted by molar-refractivity contribution is 5.93.